The van der Waals surface area contributed by atoms with E-state index in [0.717, 1.165) is 16.5 Å². The number of hydrogen-bond acceptors (Lipinski definition) is 3. The van der Waals surface area contributed by atoms with Crippen LogP contribution in [0.15, 0.2) is 28.7 Å². The maximum atomic E-state index is 11.2. The van der Waals surface area contributed by atoms with Crippen molar-refractivity contribution in [1.29, 1.82) is 0 Å². The zero-order valence-electron chi connectivity index (χ0n) is 10.7. The first kappa shape index (κ1) is 14.0. The Balaban J connectivity index is 2.46. The standard InChI is InChI=1S/C14H20BrNO2/c1-2-14(17,11-4-3-5-12(15)8-11)13(9-16)6-7-18-10-13/h3-5,8,17H,2,6-7,9-10,16H2,1H3. The van der Waals surface area contributed by atoms with Crippen LogP contribution in [0, 0.1) is 5.41 Å². The van der Waals surface area contributed by atoms with E-state index >= 15 is 0 Å². The van der Waals surface area contributed by atoms with Crippen molar-refractivity contribution >= 4 is 15.9 Å². The summed E-state index contributed by atoms with van der Waals surface area (Å²) < 4.78 is 6.47. The Hall–Kier alpha value is -0.420. The molecule has 2 unspecified atom stereocenters. The first-order valence-corrected chi connectivity index (χ1v) is 7.13. The van der Waals surface area contributed by atoms with Gasteiger partial charge in [-0.3, -0.25) is 0 Å². The summed E-state index contributed by atoms with van der Waals surface area (Å²) in [5.74, 6) is 0. The normalized spacial score (nSPS) is 27.1. The fourth-order valence-electron chi connectivity index (χ4n) is 2.89. The molecule has 0 aliphatic carbocycles. The molecule has 0 bridgehead atoms. The predicted octanol–water partition coefficient (Wildman–Crippen LogP) is 2.41. The molecular weight excluding hydrogens is 294 g/mol. The summed E-state index contributed by atoms with van der Waals surface area (Å²) in [4.78, 5) is 0. The lowest BCUT2D eigenvalue weighted by atomic mass is 9.66. The number of benzene rings is 1. The van der Waals surface area contributed by atoms with E-state index in [1.54, 1.807) is 0 Å². The van der Waals surface area contributed by atoms with Crippen LogP contribution in [0.5, 0.6) is 0 Å². The topological polar surface area (TPSA) is 55.5 Å². The van der Waals surface area contributed by atoms with Crippen molar-refractivity contribution in [3.05, 3.63) is 34.3 Å². The lowest BCUT2D eigenvalue weighted by Gasteiger charge is -2.43. The smallest absolute Gasteiger partial charge is 0.0985 e. The highest BCUT2D eigenvalue weighted by atomic mass is 79.9. The van der Waals surface area contributed by atoms with E-state index in [2.05, 4.69) is 15.9 Å². The molecule has 1 aliphatic heterocycles. The fraction of sp³-hybridized carbons (Fsp3) is 0.571. The van der Waals surface area contributed by atoms with Crippen molar-refractivity contribution in [3.8, 4) is 0 Å². The lowest BCUT2D eigenvalue weighted by Crippen LogP contribution is -2.50. The van der Waals surface area contributed by atoms with Crippen molar-refractivity contribution in [1.82, 2.24) is 0 Å². The second-order valence-electron chi connectivity index (χ2n) is 5.01. The first-order chi connectivity index (χ1) is 8.58. The number of halogens is 1. The van der Waals surface area contributed by atoms with Gasteiger partial charge in [0.1, 0.15) is 0 Å². The summed E-state index contributed by atoms with van der Waals surface area (Å²) in [5.41, 5.74) is 5.57. The zero-order chi connectivity index (χ0) is 13.2. The Kier molecular flexibility index (Phi) is 4.11. The average Bonchev–Trinajstić information content (AvgIpc) is 2.88. The van der Waals surface area contributed by atoms with E-state index in [0.29, 0.717) is 26.2 Å². The number of aliphatic hydroxyl groups is 1. The van der Waals surface area contributed by atoms with Crippen LogP contribution in [0.4, 0.5) is 0 Å². The van der Waals surface area contributed by atoms with Gasteiger partial charge in [0, 0.05) is 23.0 Å². The molecule has 1 heterocycles. The molecule has 1 fully saturated rings. The van der Waals surface area contributed by atoms with Gasteiger partial charge in [0.25, 0.3) is 0 Å². The highest BCUT2D eigenvalue weighted by Gasteiger charge is 2.51. The SMILES string of the molecule is CCC(O)(c1cccc(Br)c1)C1(CN)CCOC1. The molecule has 0 radical (unpaired) electrons. The van der Waals surface area contributed by atoms with Crippen LogP contribution in [0.3, 0.4) is 0 Å². The molecule has 3 N–H and O–H groups in total. The van der Waals surface area contributed by atoms with E-state index in [4.69, 9.17) is 10.5 Å². The molecule has 1 saturated heterocycles. The van der Waals surface area contributed by atoms with E-state index in [1.165, 1.54) is 0 Å². The van der Waals surface area contributed by atoms with Crippen LogP contribution in [-0.2, 0) is 10.3 Å². The molecule has 1 aromatic carbocycles. The van der Waals surface area contributed by atoms with E-state index in [1.807, 2.05) is 31.2 Å². The molecule has 0 amide bonds. The third kappa shape index (κ3) is 2.11. The minimum atomic E-state index is -0.929. The molecule has 0 spiro atoms. The van der Waals surface area contributed by atoms with Crippen molar-refractivity contribution in [3.63, 3.8) is 0 Å². The van der Waals surface area contributed by atoms with Gasteiger partial charge in [-0.1, -0.05) is 35.0 Å². The van der Waals surface area contributed by atoms with Gasteiger partial charge >= 0.3 is 0 Å². The average molecular weight is 314 g/mol. The molecule has 1 aliphatic rings. The van der Waals surface area contributed by atoms with Gasteiger partial charge in [-0.05, 0) is 30.5 Å². The molecule has 0 aromatic heterocycles. The summed E-state index contributed by atoms with van der Waals surface area (Å²) in [6.45, 7) is 3.63. The highest BCUT2D eigenvalue weighted by molar-refractivity contribution is 9.10. The number of hydrogen-bond donors (Lipinski definition) is 2. The van der Waals surface area contributed by atoms with Crippen molar-refractivity contribution in [2.45, 2.75) is 25.4 Å². The summed E-state index contributed by atoms with van der Waals surface area (Å²) >= 11 is 3.46. The summed E-state index contributed by atoms with van der Waals surface area (Å²) in [6.07, 6.45) is 1.43. The quantitative estimate of drug-likeness (QED) is 0.897. The second kappa shape index (κ2) is 5.29. The van der Waals surface area contributed by atoms with Gasteiger partial charge in [0.05, 0.1) is 12.2 Å². The monoisotopic (exact) mass is 313 g/mol. The van der Waals surface area contributed by atoms with Crippen molar-refractivity contribution in [2.24, 2.45) is 11.1 Å². The van der Waals surface area contributed by atoms with Gasteiger partial charge in [0.15, 0.2) is 0 Å². The molecule has 100 valence electrons. The van der Waals surface area contributed by atoms with E-state index in [9.17, 15) is 5.11 Å². The molecule has 2 rings (SSSR count). The van der Waals surface area contributed by atoms with Gasteiger partial charge in [-0.25, -0.2) is 0 Å². The van der Waals surface area contributed by atoms with Crippen LogP contribution >= 0.6 is 15.9 Å². The van der Waals surface area contributed by atoms with Crippen LogP contribution in [0.1, 0.15) is 25.3 Å². The van der Waals surface area contributed by atoms with Gasteiger partial charge in [-0.15, -0.1) is 0 Å². The van der Waals surface area contributed by atoms with Gasteiger partial charge in [0.2, 0.25) is 0 Å². The Morgan fingerprint density at radius 1 is 1.56 bits per heavy atom. The van der Waals surface area contributed by atoms with Crippen molar-refractivity contribution < 1.29 is 9.84 Å². The Morgan fingerprint density at radius 2 is 2.33 bits per heavy atom. The summed E-state index contributed by atoms with van der Waals surface area (Å²) in [5, 5.41) is 11.2. The molecule has 18 heavy (non-hydrogen) atoms. The molecule has 1 aromatic rings. The molecular formula is C14H20BrNO2. The molecule has 4 heteroatoms. The molecule has 3 nitrogen and oxygen atoms in total. The summed E-state index contributed by atoms with van der Waals surface area (Å²) in [7, 11) is 0. The van der Waals surface area contributed by atoms with E-state index < -0.39 is 5.60 Å². The largest absolute Gasteiger partial charge is 0.384 e. The minimum Gasteiger partial charge on any atom is -0.384 e. The first-order valence-electron chi connectivity index (χ1n) is 6.34. The third-order valence-corrected chi connectivity index (χ3v) is 4.68. The minimum absolute atomic E-state index is 0.372. The predicted molar refractivity (Wildman–Crippen MR) is 75.3 cm³/mol. The fourth-order valence-corrected chi connectivity index (χ4v) is 3.29. The maximum Gasteiger partial charge on any atom is 0.0985 e. The third-order valence-electron chi connectivity index (χ3n) is 4.19. The van der Waals surface area contributed by atoms with Crippen LogP contribution in [-0.4, -0.2) is 24.9 Å². The Labute approximate surface area is 116 Å². The Bertz CT molecular complexity index is 418. The van der Waals surface area contributed by atoms with Crippen LogP contribution in [0.2, 0.25) is 0 Å². The number of rotatable bonds is 4. The lowest BCUT2D eigenvalue weighted by molar-refractivity contribution is -0.0927. The molecule has 2 atom stereocenters. The van der Waals surface area contributed by atoms with Gasteiger partial charge < -0.3 is 15.6 Å². The summed E-state index contributed by atoms with van der Waals surface area (Å²) in [6, 6.07) is 7.84. The van der Waals surface area contributed by atoms with Crippen molar-refractivity contribution in [2.75, 3.05) is 19.8 Å². The number of nitrogens with two attached hydrogens (primary N) is 1. The van der Waals surface area contributed by atoms with Crippen LogP contribution < -0.4 is 5.73 Å². The Morgan fingerprint density at radius 3 is 2.83 bits per heavy atom. The zero-order valence-corrected chi connectivity index (χ0v) is 12.2. The maximum absolute atomic E-state index is 11.2. The number of ether oxygens (including phenoxy) is 1. The van der Waals surface area contributed by atoms with Crippen LogP contribution in [0.25, 0.3) is 0 Å². The second-order valence-corrected chi connectivity index (χ2v) is 5.93. The van der Waals surface area contributed by atoms with Gasteiger partial charge in [-0.2, -0.15) is 0 Å². The van der Waals surface area contributed by atoms with E-state index in [-0.39, 0.29) is 5.41 Å². The molecule has 0 saturated carbocycles. The highest BCUT2D eigenvalue weighted by Crippen LogP contribution is 2.47.